The highest BCUT2D eigenvalue weighted by Crippen LogP contribution is 2.32. The zero-order valence-electron chi connectivity index (χ0n) is 15.8. The Balaban J connectivity index is 1.95. The Hall–Kier alpha value is -2.45. The molecular formula is C21H19FN2O3S2. The molecule has 0 bridgehead atoms. The third-order valence-corrected chi connectivity index (χ3v) is 7.77. The molecule has 0 saturated carbocycles. The lowest BCUT2D eigenvalue weighted by Crippen LogP contribution is -2.38. The molecule has 5 nitrogen and oxygen atoms in total. The molecule has 0 radical (unpaired) electrons. The molecule has 4 rings (SSSR count). The van der Waals surface area contributed by atoms with E-state index in [0.29, 0.717) is 29.6 Å². The van der Waals surface area contributed by atoms with E-state index in [1.807, 2.05) is 0 Å². The number of para-hydroxylation sites is 1. The normalized spacial score (nSPS) is 14.9. The number of hydrogen-bond donors (Lipinski definition) is 0. The summed E-state index contributed by atoms with van der Waals surface area (Å²) in [5, 5.41) is 0.353. The maximum Gasteiger partial charge on any atom is 0.256 e. The van der Waals surface area contributed by atoms with Crippen LogP contribution in [0.1, 0.15) is 15.9 Å². The minimum atomic E-state index is -4.15. The quantitative estimate of drug-likeness (QED) is 0.634. The average Bonchev–Trinajstić information content (AvgIpc) is 2.74. The molecule has 2 heterocycles. The largest absolute Gasteiger partial charge is 0.337 e. The van der Waals surface area contributed by atoms with Crippen molar-refractivity contribution >= 4 is 38.4 Å². The van der Waals surface area contributed by atoms with Crippen molar-refractivity contribution in [3.63, 3.8) is 0 Å². The molecule has 0 spiro atoms. The summed E-state index contributed by atoms with van der Waals surface area (Å²) in [6.07, 6.45) is 1.32. The van der Waals surface area contributed by atoms with Crippen molar-refractivity contribution in [3.8, 4) is 0 Å². The number of carbonyl (C=O) groups is 1. The van der Waals surface area contributed by atoms with Crippen LogP contribution in [0.3, 0.4) is 0 Å². The third kappa shape index (κ3) is 3.62. The van der Waals surface area contributed by atoms with Gasteiger partial charge >= 0.3 is 0 Å². The highest BCUT2D eigenvalue weighted by Gasteiger charge is 2.30. The molecule has 1 amide bonds. The lowest BCUT2D eigenvalue weighted by Gasteiger charge is -2.27. The molecule has 1 aromatic heterocycles. The van der Waals surface area contributed by atoms with Crippen LogP contribution in [0, 0.1) is 12.7 Å². The van der Waals surface area contributed by atoms with Gasteiger partial charge in [-0.25, -0.2) is 12.8 Å². The Bertz CT molecular complexity index is 1210. The van der Waals surface area contributed by atoms with E-state index in [0.717, 1.165) is 17.6 Å². The smallest absolute Gasteiger partial charge is 0.256 e. The molecule has 0 unspecified atom stereocenters. The van der Waals surface area contributed by atoms with E-state index >= 15 is 0 Å². The number of halogens is 1. The Morgan fingerprint density at radius 3 is 2.59 bits per heavy atom. The SMILES string of the molecule is Cc1ccc(S(=O)(=O)c2c(C(=O)N3CCSCC3)cnc3ccccc23)cc1F. The third-order valence-electron chi connectivity index (χ3n) is 4.98. The minimum absolute atomic E-state index is 0.0246. The summed E-state index contributed by atoms with van der Waals surface area (Å²) in [5.41, 5.74) is 0.839. The highest BCUT2D eigenvalue weighted by molar-refractivity contribution is 7.99. The number of aryl methyl sites for hydroxylation is 1. The first-order chi connectivity index (χ1) is 13.9. The van der Waals surface area contributed by atoms with E-state index in [2.05, 4.69) is 4.98 Å². The molecule has 3 aromatic rings. The monoisotopic (exact) mass is 430 g/mol. The number of rotatable bonds is 3. The lowest BCUT2D eigenvalue weighted by atomic mass is 10.1. The summed E-state index contributed by atoms with van der Waals surface area (Å²) < 4.78 is 41.2. The predicted octanol–water partition coefficient (Wildman–Crippen LogP) is 3.70. The number of benzene rings is 2. The van der Waals surface area contributed by atoms with Crippen molar-refractivity contribution in [1.82, 2.24) is 9.88 Å². The second-order valence-electron chi connectivity index (χ2n) is 6.84. The second-order valence-corrected chi connectivity index (χ2v) is 9.95. The van der Waals surface area contributed by atoms with Gasteiger partial charge in [-0.05, 0) is 30.7 Å². The van der Waals surface area contributed by atoms with Gasteiger partial charge in [0.2, 0.25) is 9.84 Å². The Morgan fingerprint density at radius 1 is 1.14 bits per heavy atom. The molecule has 0 atom stereocenters. The number of nitrogens with zero attached hydrogens (tertiary/aromatic N) is 2. The molecule has 1 saturated heterocycles. The minimum Gasteiger partial charge on any atom is -0.337 e. The maximum absolute atomic E-state index is 14.1. The molecule has 1 aliphatic heterocycles. The van der Waals surface area contributed by atoms with Gasteiger partial charge in [0.1, 0.15) is 5.82 Å². The highest BCUT2D eigenvalue weighted by atomic mass is 32.2. The van der Waals surface area contributed by atoms with Crippen molar-refractivity contribution in [2.24, 2.45) is 0 Å². The molecule has 8 heteroatoms. The molecule has 0 N–H and O–H groups in total. The van der Waals surface area contributed by atoms with Gasteiger partial charge in [-0.1, -0.05) is 24.3 Å². The summed E-state index contributed by atoms with van der Waals surface area (Å²) in [7, 11) is -4.15. The van der Waals surface area contributed by atoms with Crippen LogP contribution in [0.15, 0.2) is 58.5 Å². The topological polar surface area (TPSA) is 67.3 Å². The number of sulfone groups is 1. The molecular weight excluding hydrogens is 411 g/mol. The van der Waals surface area contributed by atoms with Gasteiger partial charge in [-0.3, -0.25) is 9.78 Å². The van der Waals surface area contributed by atoms with Crippen molar-refractivity contribution in [2.45, 2.75) is 16.7 Å². The summed E-state index contributed by atoms with van der Waals surface area (Å²) in [4.78, 5) is 18.9. The second kappa shape index (κ2) is 7.76. The molecule has 0 aliphatic carbocycles. The number of amides is 1. The summed E-state index contributed by atoms with van der Waals surface area (Å²) in [6.45, 7) is 2.67. The van der Waals surface area contributed by atoms with Crippen LogP contribution in [0.5, 0.6) is 0 Å². The number of thioether (sulfide) groups is 1. The van der Waals surface area contributed by atoms with Gasteiger partial charge in [-0.15, -0.1) is 0 Å². The number of hydrogen-bond acceptors (Lipinski definition) is 5. The van der Waals surface area contributed by atoms with Gasteiger partial charge in [0.25, 0.3) is 5.91 Å². The first-order valence-corrected chi connectivity index (χ1v) is 11.8. The van der Waals surface area contributed by atoms with E-state index in [1.165, 1.54) is 18.3 Å². The Kier molecular flexibility index (Phi) is 5.31. The van der Waals surface area contributed by atoms with E-state index in [9.17, 15) is 17.6 Å². The number of aromatic nitrogens is 1. The zero-order valence-corrected chi connectivity index (χ0v) is 17.4. The summed E-state index contributed by atoms with van der Waals surface area (Å²) in [6, 6.07) is 10.6. The fourth-order valence-electron chi connectivity index (χ4n) is 3.35. The predicted molar refractivity (Wildman–Crippen MR) is 112 cm³/mol. The first kappa shape index (κ1) is 19.8. The number of carbonyl (C=O) groups excluding carboxylic acids is 1. The van der Waals surface area contributed by atoms with Gasteiger partial charge < -0.3 is 4.90 Å². The molecule has 150 valence electrons. The standard InChI is InChI=1S/C21H19FN2O3S2/c1-14-6-7-15(12-18(14)22)29(26,27)20-16-4-2-3-5-19(16)23-13-17(20)21(25)24-8-10-28-11-9-24/h2-7,12-13H,8-11H2,1H3. The van der Waals surface area contributed by atoms with Crippen LogP contribution in [0.4, 0.5) is 4.39 Å². The number of pyridine rings is 1. The van der Waals surface area contributed by atoms with Gasteiger partial charge in [-0.2, -0.15) is 11.8 Å². The number of fused-ring (bicyclic) bond motifs is 1. The maximum atomic E-state index is 14.1. The van der Waals surface area contributed by atoms with Crippen LogP contribution in [-0.2, 0) is 9.84 Å². The van der Waals surface area contributed by atoms with Crippen molar-refractivity contribution in [2.75, 3.05) is 24.6 Å². The van der Waals surface area contributed by atoms with Crippen LogP contribution in [-0.4, -0.2) is 48.8 Å². The van der Waals surface area contributed by atoms with E-state index in [1.54, 1.807) is 47.9 Å². The van der Waals surface area contributed by atoms with Crippen LogP contribution in [0.2, 0.25) is 0 Å². The first-order valence-electron chi connectivity index (χ1n) is 9.15. The van der Waals surface area contributed by atoms with Crippen molar-refractivity contribution in [1.29, 1.82) is 0 Å². The van der Waals surface area contributed by atoms with Crippen LogP contribution in [0.25, 0.3) is 10.9 Å². The van der Waals surface area contributed by atoms with Crippen molar-refractivity contribution in [3.05, 3.63) is 65.6 Å². The van der Waals surface area contributed by atoms with Gasteiger partial charge in [0.15, 0.2) is 0 Å². The van der Waals surface area contributed by atoms with Crippen LogP contribution < -0.4 is 0 Å². The fourth-order valence-corrected chi connectivity index (χ4v) is 5.89. The van der Waals surface area contributed by atoms with Crippen LogP contribution >= 0.6 is 11.8 Å². The van der Waals surface area contributed by atoms with Gasteiger partial charge in [0.05, 0.1) is 20.9 Å². The molecule has 2 aromatic carbocycles. The molecule has 29 heavy (non-hydrogen) atoms. The van der Waals surface area contributed by atoms with E-state index in [4.69, 9.17) is 0 Å². The molecule has 1 fully saturated rings. The summed E-state index contributed by atoms with van der Waals surface area (Å²) in [5.74, 6) is 0.635. The lowest BCUT2D eigenvalue weighted by molar-refractivity contribution is 0.0768. The van der Waals surface area contributed by atoms with E-state index < -0.39 is 15.7 Å². The molecule has 1 aliphatic rings. The van der Waals surface area contributed by atoms with Crippen molar-refractivity contribution < 1.29 is 17.6 Å². The average molecular weight is 431 g/mol. The Morgan fingerprint density at radius 2 is 1.86 bits per heavy atom. The fraction of sp³-hybridized carbons (Fsp3) is 0.238. The zero-order chi connectivity index (χ0) is 20.6. The van der Waals surface area contributed by atoms with E-state index in [-0.39, 0.29) is 21.3 Å². The summed E-state index contributed by atoms with van der Waals surface area (Å²) >= 11 is 1.75. The Labute approximate surface area is 172 Å². The van der Waals surface area contributed by atoms with Gasteiger partial charge in [0, 0.05) is 36.2 Å².